The average molecular weight is 327 g/mol. The molecule has 1 aromatic heterocycles. The number of anilines is 1. The maximum Gasteiger partial charge on any atom is 0.338 e. The molecule has 0 saturated carbocycles. The molecule has 0 atom stereocenters. The topological polar surface area (TPSA) is 64.6 Å². The van der Waals surface area contributed by atoms with Gasteiger partial charge >= 0.3 is 5.97 Å². The molecule has 6 nitrogen and oxygen atoms in total. The van der Waals surface area contributed by atoms with Crippen molar-refractivity contribution in [2.24, 2.45) is 0 Å². The minimum absolute atomic E-state index is 0.192. The van der Waals surface area contributed by atoms with Crippen molar-refractivity contribution in [3.05, 3.63) is 53.2 Å². The highest BCUT2D eigenvalue weighted by molar-refractivity contribution is 5.89. The average Bonchev–Trinajstić information content (AvgIpc) is 2.56. The van der Waals surface area contributed by atoms with E-state index in [1.165, 1.54) is 0 Å². The lowest BCUT2D eigenvalue weighted by molar-refractivity contribution is 0.0220. The largest absolute Gasteiger partial charge is 0.462 e. The highest BCUT2D eigenvalue weighted by Crippen LogP contribution is 2.20. The van der Waals surface area contributed by atoms with Gasteiger partial charge < -0.3 is 14.4 Å². The summed E-state index contributed by atoms with van der Waals surface area (Å²) in [6.45, 7) is 6.27. The summed E-state index contributed by atoms with van der Waals surface area (Å²) in [5.74, 6) is 0.595. The summed E-state index contributed by atoms with van der Waals surface area (Å²) in [6, 6.07) is 11.3. The van der Waals surface area contributed by atoms with E-state index in [-0.39, 0.29) is 12.1 Å². The van der Waals surface area contributed by atoms with Crippen molar-refractivity contribution in [1.82, 2.24) is 10.2 Å². The SMILES string of the molecule is CCOC(=O)c1ccc(COC2CN(c3ccc(C)nn3)C2)cc1. The Kier molecular flexibility index (Phi) is 5.05. The van der Waals surface area contributed by atoms with Crippen molar-refractivity contribution in [3.63, 3.8) is 0 Å². The van der Waals surface area contributed by atoms with Crippen LogP contribution in [0.4, 0.5) is 5.82 Å². The van der Waals surface area contributed by atoms with Crippen molar-refractivity contribution in [2.75, 3.05) is 24.6 Å². The molecule has 0 radical (unpaired) electrons. The fourth-order valence-corrected chi connectivity index (χ4v) is 2.46. The zero-order valence-electron chi connectivity index (χ0n) is 13.9. The number of esters is 1. The summed E-state index contributed by atoms with van der Waals surface area (Å²) in [6.07, 6.45) is 0.192. The molecular formula is C18H21N3O3. The van der Waals surface area contributed by atoms with Crippen LogP contribution in [0.25, 0.3) is 0 Å². The molecule has 6 heteroatoms. The number of aromatic nitrogens is 2. The number of aryl methyl sites for hydroxylation is 1. The summed E-state index contributed by atoms with van der Waals surface area (Å²) in [5, 5.41) is 8.24. The third kappa shape index (κ3) is 3.89. The van der Waals surface area contributed by atoms with E-state index < -0.39 is 0 Å². The standard InChI is InChI=1S/C18H21N3O3/c1-3-23-18(22)15-7-5-14(6-8-15)12-24-16-10-21(11-16)17-9-4-13(2)19-20-17/h4-9,16H,3,10-12H2,1-2H3. The Morgan fingerprint density at radius 1 is 1.17 bits per heavy atom. The zero-order valence-corrected chi connectivity index (χ0v) is 13.9. The normalized spacial score (nSPS) is 14.3. The molecule has 2 aromatic rings. The predicted molar refractivity (Wildman–Crippen MR) is 90.0 cm³/mol. The molecular weight excluding hydrogens is 306 g/mol. The smallest absolute Gasteiger partial charge is 0.338 e. The number of rotatable bonds is 6. The van der Waals surface area contributed by atoms with E-state index in [0.717, 1.165) is 30.2 Å². The quantitative estimate of drug-likeness (QED) is 0.759. The van der Waals surface area contributed by atoms with E-state index in [1.54, 1.807) is 19.1 Å². The zero-order chi connectivity index (χ0) is 16.9. The van der Waals surface area contributed by atoms with E-state index in [1.807, 2.05) is 31.2 Å². The molecule has 0 aliphatic carbocycles. The van der Waals surface area contributed by atoms with Crippen molar-refractivity contribution in [2.45, 2.75) is 26.6 Å². The van der Waals surface area contributed by atoms with E-state index in [0.29, 0.717) is 18.8 Å². The summed E-state index contributed by atoms with van der Waals surface area (Å²) in [5.41, 5.74) is 2.52. The Hall–Kier alpha value is -2.47. The number of nitrogens with zero attached hydrogens (tertiary/aromatic N) is 3. The highest BCUT2D eigenvalue weighted by atomic mass is 16.5. The lowest BCUT2D eigenvalue weighted by Crippen LogP contribution is -2.52. The van der Waals surface area contributed by atoms with Crippen LogP contribution in [0.3, 0.4) is 0 Å². The van der Waals surface area contributed by atoms with Crippen LogP contribution in [0, 0.1) is 6.92 Å². The van der Waals surface area contributed by atoms with Crippen molar-refractivity contribution >= 4 is 11.8 Å². The van der Waals surface area contributed by atoms with Gasteiger partial charge in [0, 0.05) is 13.1 Å². The minimum Gasteiger partial charge on any atom is -0.462 e. The molecule has 0 amide bonds. The van der Waals surface area contributed by atoms with Crippen LogP contribution < -0.4 is 4.90 Å². The van der Waals surface area contributed by atoms with Crippen LogP contribution >= 0.6 is 0 Å². The molecule has 1 aliphatic rings. The highest BCUT2D eigenvalue weighted by Gasteiger charge is 2.28. The molecule has 3 rings (SSSR count). The summed E-state index contributed by atoms with van der Waals surface area (Å²) >= 11 is 0. The van der Waals surface area contributed by atoms with Crippen LogP contribution in [0.2, 0.25) is 0 Å². The van der Waals surface area contributed by atoms with E-state index in [4.69, 9.17) is 9.47 Å². The predicted octanol–water partition coefficient (Wildman–Crippen LogP) is 2.37. The van der Waals surface area contributed by atoms with Gasteiger partial charge in [-0.3, -0.25) is 0 Å². The molecule has 1 aromatic carbocycles. The van der Waals surface area contributed by atoms with Gasteiger partial charge in [-0.2, -0.15) is 5.10 Å². The third-order valence-electron chi connectivity index (χ3n) is 3.91. The van der Waals surface area contributed by atoms with Crippen LogP contribution in [-0.2, 0) is 16.1 Å². The number of ether oxygens (including phenoxy) is 2. The monoisotopic (exact) mass is 327 g/mol. The van der Waals surface area contributed by atoms with E-state index in [2.05, 4.69) is 15.1 Å². The van der Waals surface area contributed by atoms with Crippen molar-refractivity contribution in [1.29, 1.82) is 0 Å². The first kappa shape index (κ1) is 16.4. The maximum atomic E-state index is 11.6. The molecule has 1 fully saturated rings. The lowest BCUT2D eigenvalue weighted by Gasteiger charge is -2.39. The number of carbonyl (C=O) groups excluding carboxylic acids is 1. The number of hydrogen-bond donors (Lipinski definition) is 0. The second-order valence-corrected chi connectivity index (χ2v) is 5.79. The number of carbonyl (C=O) groups is 1. The van der Waals surface area contributed by atoms with Crippen LogP contribution in [-0.4, -0.2) is 42.0 Å². The molecule has 0 spiro atoms. The summed E-state index contributed by atoms with van der Waals surface area (Å²) in [4.78, 5) is 13.7. The molecule has 1 saturated heterocycles. The Morgan fingerprint density at radius 3 is 2.54 bits per heavy atom. The molecule has 1 aliphatic heterocycles. The van der Waals surface area contributed by atoms with Gasteiger partial charge in [-0.05, 0) is 43.7 Å². The van der Waals surface area contributed by atoms with Gasteiger partial charge in [0.1, 0.15) is 0 Å². The van der Waals surface area contributed by atoms with Gasteiger partial charge in [0.05, 0.1) is 30.6 Å². The number of hydrogen-bond acceptors (Lipinski definition) is 6. The first-order valence-corrected chi connectivity index (χ1v) is 8.08. The summed E-state index contributed by atoms with van der Waals surface area (Å²) < 4.78 is 10.8. The molecule has 0 bridgehead atoms. The van der Waals surface area contributed by atoms with Crippen LogP contribution in [0.15, 0.2) is 36.4 Å². The minimum atomic E-state index is -0.293. The second kappa shape index (κ2) is 7.40. The first-order chi connectivity index (χ1) is 11.7. The fourth-order valence-electron chi connectivity index (χ4n) is 2.46. The van der Waals surface area contributed by atoms with E-state index in [9.17, 15) is 4.79 Å². The Morgan fingerprint density at radius 2 is 1.92 bits per heavy atom. The third-order valence-corrected chi connectivity index (χ3v) is 3.91. The lowest BCUT2D eigenvalue weighted by atomic mass is 10.1. The Balaban J connectivity index is 1.44. The van der Waals surface area contributed by atoms with Crippen LogP contribution in [0.5, 0.6) is 0 Å². The van der Waals surface area contributed by atoms with Crippen molar-refractivity contribution in [3.8, 4) is 0 Å². The molecule has 0 unspecified atom stereocenters. The molecule has 126 valence electrons. The van der Waals surface area contributed by atoms with Gasteiger partial charge in [-0.25, -0.2) is 4.79 Å². The van der Waals surface area contributed by atoms with Gasteiger partial charge in [-0.15, -0.1) is 5.10 Å². The molecule has 24 heavy (non-hydrogen) atoms. The van der Waals surface area contributed by atoms with Gasteiger partial charge in [0.2, 0.25) is 0 Å². The van der Waals surface area contributed by atoms with E-state index >= 15 is 0 Å². The first-order valence-electron chi connectivity index (χ1n) is 8.08. The van der Waals surface area contributed by atoms with Gasteiger partial charge in [0.15, 0.2) is 5.82 Å². The Bertz CT molecular complexity index is 680. The number of benzene rings is 1. The maximum absolute atomic E-state index is 11.6. The molecule has 2 heterocycles. The second-order valence-electron chi connectivity index (χ2n) is 5.79. The summed E-state index contributed by atoms with van der Waals surface area (Å²) in [7, 11) is 0. The fraction of sp³-hybridized carbons (Fsp3) is 0.389. The molecule has 0 N–H and O–H groups in total. The van der Waals surface area contributed by atoms with Crippen molar-refractivity contribution < 1.29 is 14.3 Å². The van der Waals surface area contributed by atoms with Crippen LogP contribution in [0.1, 0.15) is 28.5 Å². The van der Waals surface area contributed by atoms with Gasteiger partial charge in [-0.1, -0.05) is 12.1 Å². The Labute approximate surface area is 141 Å². The van der Waals surface area contributed by atoms with Gasteiger partial charge in [0.25, 0.3) is 0 Å².